The molecule has 0 atom stereocenters. The van der Waals surface area contributed by atoms with Crippen molar-refractivity contribution < 1.29 is 0 Å². The molecule has 0 radical (unpaired) electrons. The molecular formula is C40H65N3P2. The highest BCUT2D eigenvalue weighted by molar-refractivity contribution is 7.76. The topological polar surface area (TPSA) is 40.5 Å². The standard InChI is InChI=1S/C40H65N3P2/c1-25(2)33-19-17-20-34(26(3)4)39(33)42-44(29(9)10,30(11)12)37-23-24-38(41-37)45(31(13)14,32(15)16)43-40-35(27(5)6)21-18-22-36(40)28(7)8/h17-32,41H,1-16H3. The lowest BCUT2D eigenvalue weighted by Crippen LogP contribution is -2.26. The van der Waals surface area contributed by atoms with Crippen molar-refractivity contribution in [1.82, 2.24) is 4.98 Å². The number of nitrogens with zero attached hydrogens (tertiary/aromatic N) is 2. The summed E-state index contributed by atoms with van der Waals surface area (Å²) in [5.74, 6) is 1.66. The van der Waals surface area contributed by atoms with Crippen molar-refractivity contribution >= 4 is 36.4 Å². The summed E-state index contributed by atoms with van der Waals surface area (Å²) in [5, 5.41) is 0. The van der Waals surface area contributed by atoms with Crippen LogP contribution >= 0.6 is 14.1 Å². The molecule has 0 aliphatic heterocycles. The van der Waals surface area contributed by atoms with Crippen LogP contribution in [-0.4, -0.2) is 27.6 Å². The van der Waals surface area contributed by atoms with Crippen LogP contribution in [0.3, 0.4) is 0 Å². The van der Waals surface area contributed by atoms with Gasteiger partial charge in [0.25, 0.3) is 0 Å². The third-order valence-corrected chi connectivity index (χ3v) is 19.2. The second-order valence-electron chi connectivity index (χ2n) is 15.5. The van der Waals surface area contributed by atoms with Crippen LogP contribution < -0.4 is 10.9 Å². The molecule has 2 aromatic carbocycles. The summed E-state index contributed by atoms with van der Waals surface area (Å²) < 4.78 is 12.0. The van der Waals surface area contributed by atoms with E-state index in [2.05, 4.69) is 164 Å². The smallest absolute Gasteiger partial charge is 0.0687 e. The molecular weight excluding hydrogens is 584 g/mol. The molecule has 1 aromatic heterocycles. The maximum atomic E-state index is 6.01. The highest BCUT2D eigenvalue weighted by atomic mass is 31.2. The molecule has 1 heterocycles. The number of aromatic amines is 1. The Morgan fingerprint density at radius 2 is 0.644 bits per heavy atom. The number of hydrogen-bond donors (Lipinski definition) is 1. The minimum Gasteiger partial charge on any atom is -0.353 e. The van der Waals surface area contributed by atoms with Crippen LogP contribution in [0.4, 0.5) is 11.4 Å². The zero-order chi connectivity index (χ0) is 34.0. The number of aromatic nitrogens is 1. The number of H-pyrrole nitrogens is 1. The summed E-state index contributed by atoms with van der Waals surface area (Å²) in [6.45, 7) is 37.7. The lowest BCUT2D eigenvalue weighted by molar-refractivity contribution is 0.834. The van der Waals surface area contributed by atoms with Crippen molar-refractivity contribution in [2.75, 3.05) is 0 Å². The molecule has 1 N–H and O–H groups in total. The highest BCUT2D eigenvalue weighted by Gasteiger charge is 2.37. The minimum atomic E-state index is -2.04. The molecule has 0 aliphatic carbocycles. The van der Waals surface area contributed by atoms with Crippen molar-refractivity contribution in [2.45, 2.75) is 157 Å². The van der Waals surface area contributed by atoms with Gasteiger partial charge < -0.3 is 4.98 Å². The number of rotatable bonds is 12. The molecule has 250 valence electrons. The van der Waals surface area contributed by atoms with Crippen LogP contribution in [0.2, 0.25) is 0 Å². The van der Waals surface area contributed by atoms with Crippen LogP contribution in [0.1, 0.15) is 157 Å². The summed E-state index contributed by atoms with van der Waals surface area (Å²) in [7, 11) is -4.09. The van der Waals surface area contributed by atoms with E-state index in [1.54, 1.807) is 0 Å². The van der Waals surface area contributed by atoms with Gasteiger partial charge in [0.05, 0.1) is 22.2 Å². The molecule has 3 aromatic rings. The first-order valence-electron chi connectivity index (χ1n) is 17.6. The maximum absolute atomic E-state index is 6.01. The van der Waals surface area contributed by atoms with Gasteiger partial charge in [0.1, 0.15) is 0 Å². The Morgan fingerprint density at radius 1 is 0.400 bits per heavy atom. The zero-order valence-electron chi connectivity index (χ0n) is 31.5. The molecule has 0 unspecified atom stereocenters. The number of hydrogen-bond acceptors (Lipinski definition) is 2. The van der Waals surface area contributed by atoms with Gasteiger partial charge in [-0.3, -0.25) is 9.49 Å². The largest absolute Gasteiger partial charge is 0.353 e. The average Bonchev–Trinajstić information content (AvgIpc) is 3.43. The van der Waals surface area contributed by atoms with E-state index in [-0.39, 0.29) is 0 Å². The molecule has 0 spiro atoms. The van der Waals surface area contributed by atoms with E-state index in [9.17, 15) is 0 Å². The van der Waals surface area contributed by atoms with E-state index in [1.165, 1.54) is 44.5 Å². The third-order valence-electron chi connectivity index (χ3n) is 9.79. The monoisotopic (exact) mass is 649 g/mol. The lowest BCUT2D eigenvalue weighted by Gasteiger charge is -2.35. The quantitative estimate of drug-likeness (QED) is 0.190. The summed E-state index contributed by atoms with van der Waals surface area (Å²) in [5.41, 5.74) is 12.2. The van der Waals surface area contributed by atoms with Gasteiger partial charge in [-0.15, -0.1) is 0 Å². The first-order valence-corrected chi connectivity index (χ1v) is 21.4. The Morgan fingerprint density at radius 3 is 0.844 bits per heavy atom. The normalized spacial score (nSPS) is 13.2. The van der Waals surface area contributed by atoms with E-state index in [0.717, 1.165) is 0 Å². The van der Waals surface area contributed by atoms with Crippen molar-refractivity contribution in [1.29, 1.82) is 0 Å². The molecule has 0 saturated carbocycles. The van der Waals surface area contributed by atoms with Gasteiger partial charge in [0.2, 0.25) is 0 Å². The summed E-state index contributed by atoms with van der Waals surface area (Å²) in [4.78, 5) is 4.17. The molecule has 3 nitrogen and oxygen atoms in total. The van der Waals surface area contributed by atoms with Gasteiger partial charge >= 0.3 is 0 Å². The predicted molar refractivity (Wildman–Crippen MR) is 208 cm³/mol. The summed E-state index contributed by atoms with van der Waals surface area (Å²) >= 11 is 0. The van der Waals surface area contributed by atoms with Crippen LogP contribution in [0, 0.1) is 0 Å². The van der Waals surface area contributed by atoms with Crippen LogP contribution in [0.15, 0.2) is 58.0 Å². The Bertz CT molecular complexity index is 1360. The fraction of sp³-hybridized carbons (Fsp3) is 0.600. The minimum absolute atomic E-state index is 0.404. The molecule has 5 heteroatoms. The van der Waals surface area contributed by atoms with Crippen molar-refractivity contribution in [3.8, 4) is 0 Å². The zero-order valence-corrected chi connectivity index (χ0v) is 33.3. The van der Waals surface area contributed by atoms with E-state index < -0.39 is 14.1 Å². The van der Waals surface area contributed by atoms with Gasteiger partial charge in [0.15, 0.2) is 0 Å². The van der Waals surface area contributed by atoms with E-state index >= 15 is 0 Å². The summed E-state index contributed by atoms with van der Waals surface area (Å²) in [6.07, 6.45) is 0. The number of benzene rings is 2. The fourth-order valence-corrected chi connectivity index (χ4v) is 15.4. The maximum Gasteiger partial charge on any atom is 0.0687 e. The Labute approximate surface area is 277 Å². The average molecular weight is 650 g/mol. The van der Waals surface area contributed by atoms with Crippen LogP contribution in [-0.2, 0) is 0 Å². The molecule has 0 fully saturated rings. The van der Waals surface area contributed by atoms with Gasteiger partial charge in [-0.1, -0.05) is 147 Å². The summed E-state index contributed by atoms with van der Waals surface area (Å²) in [6, 6.07) is 18.5. The molecule has 3 rings (SSSR count). The SMILES string of the molecule is CC(C)c1cccc(C(C)C)c1N=P(c1ccc(P(=Nc2c(C(C)C)cccc2C(C)C)(C(C)C)C(C)C)[nH]1)(C(C)C)C(C)C. The molecule has 0 bridgehead atoms. The predicted octanol–water partition coefficient (Wildman–Crippen LogP) is 13.5. The number of nitrogens with one attached hydrogen (secondary N) is 1. The van der Waals surface area contributed by atoms with Crippen LogP contribution in [0.25, 0.3) is 0 Å². The van der Waals surface area contributed by atoms with Gasteiger partial charge in [-0.2, -0.15) is 0 Å². The van der Waals surface area contributed by atoms with E-state index in [1.807, 2.05) is 0 Å². The second kappa shape index (κ2) is 14.9. The molecule has 0 amide bonds. The Balaban J connectivity index is 2.50. The Kier molecular flexibility index (Phi) is 12.5. The fourth-order valence-electron chi connectivity index (χ4n) is 7.25. The first-order chi connectivity index (χ1) is 20.9. The third kappa shape index (κ3) is 7.21. The Hall–Kier alpha value is -1.82. The van der Waals surface area contributed by atoms with Gasteiger partial charge in [-0.05, 0) is 80.7 Å². The second-order valence-corrected chi connectivity index (χ2v) is 23.9. The molecule has 45 heavy (non-hydrogen) atoms. The van der Waals surface area contributed by atoms with Crippen molar-refractivity contribution in [3.63, 3.8) is 0 Å². The van der Waals surface area contributed by atoms with E-state index in [0.29, 0.717) is 46.3 Å². The van der Waals surface area contributed by atoms with Crippen LogP contribution in [0.5, 0.6) is 0 Å². The molecule has 0 saturated heterocycles. The van der Waals surface area contributed by atoms with Gasteiger partial charge in [-0.25, -0.2) is 0 Å². The highest BCUT2D eigenvalue weighted by Crippen LogP contribution is 2.63. The lowest BCUT2D eigenvalue weighted by atomic mass is 9.93. The van der Waals surface area contributed by atoms with E-state index in [4.69, 9.17) is 9.49 Å². The van der Waals surface area contributed by atoms with Crippen molar-refractivity contribution in [3.05, 3.63) is 70.8 Å². The van der Waals surface area contributed by atoms with Crippen molar-refractivity contribution in [2.24, 2.45) is 9.49 Å². The molecule has 0 aliphatic rings. The van der Waals surface area contributed by atoms with Gasteiger partial charge in [0, 0.05) is 14.1 Å². The first kappa shape index (κ1) is 37.6.